The zero-order chi connectivity index (χ0) is 20.8. The molecule has 0 atom stereocenters. The summed E-state index contributed by atoms with van der Waals surface area (Å²) in [6.07, 6.45) is 5.06. The van der Waals surface area contributed by atoms with Gasteiger partial charge in [-0.1, -0.05) is 29.5 Å². The van der Waals surface area contributed by atoms with Crippen LogP contribution in [0.3, 0.4) is 0 Å². The molecule has 0 N–H and O–H groups in total. The van der Waals surface area contributed by atoms with E-state index in [1.165, 1.54) is 17.3 Å². The van der Waals surface area contributed by atoms with E-state index in [9.17, 15) is 4.79 Å². The van der Waals surface area contributed by atoms with Gasteiger partial charge in [-0.25, -0.2) is 4.98 Å². The van der Waals surface area contributed by atoms with Crippen molar-refractivity contribution in [1.82, 2.24) is 25.1 Å². The number of piperazine rings is 1. The van der Waals surface area contributed by atoms with Crippen LogP contribution >= 0.6 is 11.8 Å². The highest BCUT2D eigenvalue weighted by atomic mass is 32.2. The molecule has 1 aliphatic heterocycles. The minimum absolute atomic E-state index is 0.0504. The first-order valence-corrected chi connectivity index (χ1v) is 10.6. The van der Waals surface area contributed by atoms with Crippen molar-refractivity contribution in [3.8, 4) is 5.75 Å². The fourth-order valence-corrected chi connectivity index (χ4v) is 3.67. The van der Waals surface area contributed by atoms with Gasteiger partial charge in [0.15, 0.2) is 6.61 Å². The highest BCUT2D eigenvalue weighted by Crippen LogP contribution is 2.19. The number of amides is 1. The number of aryl methyl sites for hydroxylation is 1. The Morgan fingerprint density at radius 3 is 2.67 bits per heavy atom. The summed E-state index contributed by atoms with van der Waals surface area (Å²) in [5.74, 6) is 2.26. The number of benzene rings is 1. The first-order chi connectivity index (χ1) is 14.7. The molecule has 0 bridgehead atoms. The van der Waals surface area contributed by atoms with Crippen LogP contribution in [0.2, 0.25) is 0 Å². The van der Waals surface area contributed by atoms with E-state index in [1.807, 2.05) is 36.1 Å². The van der Waals surface area contributed by atoms with Crippen molar-refractivity contribution in [2.45, 2.75) is 18.8 Å². The molecule has 0 saturated carbocycles. The van der Waals surface area contributed by atoms with Gasteiger partial charge in [-0.3, -0.25) is 9.78 Å². The number of nitrogens with zero attached hydrogens (tertiary/aromatic N) is 6. The first-order valence-electron chi connectivity index (χ1n) is 9.61. The molecule has 156 valence electrons. The van der Waals surface area contributed by atoms with Gasteiger partial charge in [-0.05, 0) is 19.1 Å². The number of ether oxygens (including phenoxy) is 1. The highest BCUT2D eigenvalue weighted by Gasteiger charge is 2.22. The molecular formula is C20H22N6O3S. The average Bonchev–Trinajstić information content (AvgIpc) is 3.26. The zero-order valence-corrected chi connectivity index (χ0v) is 17.4. The minimum Gasteiger partial charge on any atom is -0.484 e. The molecule has 9 nitrogen and oxygen atoms in total. The summed E-state index contributed by atoms with van der Waals surface area (Å²) in [6.45, 7) is 4.97. The number of rotatable bonds is 7. The Kier molecular flexibility index (Phi) is 6.43. The third-order valence-electron chi connectivity index (χ3n) is 4.66. The summed E-state index contributed by atoms with van der Waals surface area (Å²) >= 11 is 1.24. The van der Waals surface area contributed by atoms with Crippen molar-refractivity contribution in [1.29, 1.82) is 0 Å². The van der Waals surface area contributed by atoms with Crippen molar-refractivity contribution in [2.75, 3.05) is 36.8 Å². The highest BCUT2D eigenvalue weighted by molar-refractivity contribution is 7.99. The molecule has 4 rings (SSSR count). The average molecular weight is 427 g/mol. The summed E-state index contributed by atoms with van der Waals surface area (Å²) < 4.78 is 11.2. The molecule has 0 spiro atoms. The molecule has 1 saturated heterocycles. The Bertz CT molecular complexity index is 958. The van der Waals surface area contributed by atoms with E-state index in [0.29, 0.717) is 24.2 Å². The summed E-state index contributed by atoms with van der Waals surface area (Å²) in [5, 5.41) is 8.32. The van der Waals surface area contributed by atoms with Crippen molar-refractivity contribution in [2.24, 2.45) is 0 Å². The molecule has 1 amide bonds. The Labute approximate surface area is 178 Å². The summed E-state index contributed by atoms with van der Waals surface area (Å²) in [7, 11) is 0. The van der Waals surface area contributed by atoms with E-state index in [4.69, 9.17) is 9.15 Å². The van der Waals surface area contributed by atoms with E-state index < -0.39 is 0 Å². The molecule has 0 unspecified atom stereocenters. The topological polar surface area (TPSA) is 97.5 Å². The molecule has 10 heteroatoms. The summed E-state index contributed by atoms with van der Waals surface area (Å²) in [6, 6.07) is 7.74. The Morgan fingerprint density at radius 1 is 1.13 bits per heavy atom. The van der Waals surface area contributed by atoms with Gasteiger partial charge in [0, 0.05) is 38.6 Å². The molecule has 2 aromatic heterocycles. The van der Waals surface area contributed by atoms with Crippen LogP contribution in [-0.4, -0.2) is 62.9 Å². The standard InChI is InChI=1S/C20H22N6O3S/c1-15-2-4-16(5-3-15)28-13-18-23-24-20(29-18)30-14-19(27)26-10-8-25(9-11-26)17-12-21-6-7-22-17/h2-7,12H,8-11,13-14H2,1H3. The lowest BCUT2D eigenvalue weighted by Gasteiger charge is -2.35. The fraction of sp³-hybridized carbons (Fsp3) is 0.350. The Morgan fingerprint density at radius 2 is 1.93 bits per heavy atom. The maximum absolute atomic E-state index is 12.5. The number of anilines is 1. The van der Waals surface area contributed by atoms with Crippen LogP contribution in [0.4, 0.5) is 5.82 Å². The second kappa shape index (κ2) is 9.57. The molecule has 3 heterocycles. The molecule has 30 heavy (non-hydrogen) atoms. The lowest BCUT2D eigenvalue weighted by atomic mass is 10.2. The molecule has 3 aromatic rings. The van der Waals surface area contributed by atoms with E-state index in [1.54, 1.807) is 18.6 Å². The van der Waals surface area contributed by atoms with Crippen LogP contribution in [-0.2, 0) is 11.4 Å². The lowest BCUT2D eigenvalue weighted by molar-refractivity contribution is -0.128. The van der Waals surface area contributed by atoms with E-state index in [2.05, 4.69) is 25.1 Å². The van der Waals surface area contributed by atoms with Gasteiger partial charge in [-0.15, -0.1) is 10.2 Å². The van der Waals surface area contributed by atoms with Gasteiger partial charge in [0.05, 0.1) is 11.9 Å². The van der Waals surface area contributed by atoms with E-state index >= 15 is 0 Å². The predicted octanol–water partition coefficient (Wildman–Crippen LogP) is 2.19. The molecule has 0 aliphatic carbocycles. The van der Waals surface area contributed by atoms with Crippen molar-refractivity contribution >= 4 is 23.5 Å². The second-order valence-corrected chi connectivity index (χ2v) is 7.71. The van der Waals surface area contributed by atoms with Gasteiger partial charge >= 0.3 is 0 Å². The maximum atomic E-state index is 12.5. The van der Waals surface area contributed by atoms with Crippen LogP contribution < -0.4 is 9.64 Å². The smallest absolute Gasteiger partial charge is 0.277 e. The molecule has 0 radical (unpaired) electrons. The molecule has 1 aromatic carbocycles. The number of hydrogen-bond donors (Lipinski definition) is 0. The Balaban J connectivity index is 1.20. The second-order valence-electron chi connectivity index (χ2n) is 6.78. The predicted molar refractivity (Wildman–Crippen MR) is 111 cm³/mol. The number of carbonyl (C=O) groups excluding carboxylic acids is 1. The normalized spacial score (nSPS) is 14.0. The van der Waals surface area contributed by atoms with Gasteiger partial charge in [0.1, 0.15) is 11.6 Å². The first kappa shape index (κ1) is 20.1. The molecule has 1 fully saturated rings. The summed E-state index contributed by atoms with van der Waals surface area (Å²) in [5.41, 5.74) is 1.17. The van der Waals surface area contributed by atoms with Gasteiger partial charge < -0.3 is 19.0 Å². The number of carbonyl (C=O) groups is 1. The van der Waals surface area contributed by atoms with Gasteiger partial charge in [0.2, 0.25) is 5.91 Å². The molecule has 1 aliphatic rings. The van der Waals surface area contributed by atoms with E-state index in [-0.39, 0.29) is 18.3 Å². The minimum atomic E-state index is 0.0504. The van der Waals surface area contributed by atoms with Crippen molar-refractivity contribution < 1.29 is 13.9 Å². The van der Waals surface area contributed by atoms with Gasteiger partial charge in [0.25, 0.3) is 11.1 Å². The quantitative estimate of drug-likeness (QED) is 0.527. The van der Waals surface area contributed by atoms with Crippen LogP contribution in [0, 0.1) is 6.92 Å². The summed E-state index contributed by atoms with van der Waals surface area (Å²) in [4.78, 5) is 24.9. The van der Waals surface area contributed by atoms with Crippen LogP contribution in [0.5, 0.6) is 5.75 Å². The number of aromatic nitrogens is 4. The third-order valence-corrected chi connectivity index (χ3v) is 5.46. The van der Waals surface area contributed by atoms with Crippen LogP contribution in [0.1, 0.15) is 11.5 Å². The third kappa shape index (κ3) is 5.26. The largest absolute Gasteiger partial charge is 0.484 e. The van der Waals surface area contributed by atoms with Gasteiger partial charge in [-0.2, -0.15) is 0 Å². The zero-order valence-electron chi connectivity index (χ0n) is 16.6. The monoisotopic (exact) mass is 426 g/mol. The van der Waals surface area contributed by atoms with Crippen molar-refractivity contribution in [3.63, 3.8) is 0 Å². The number of hydrogen-bond acceptors (Lipinski definition) is 9. The van der Waals surface area contributed by atoms with Crippen LogP contribution in [0.15, 0.2) is 52.5 Å². The molecular weight excluding hydrogens is 404 g/mol. The van der Waals surface area contributed by atoms with E-state index in [0.717, 1.165) is 24.7 Å². The number of thioether (sulfide) groups is 1. The van der Waals surface area contributed by atoms with Crippen LogP contribution in [0.25, 0.3) is 0 Å². The lowest BCUT2D eigenvalue weighted by Crippen LogP contribution is -2.49. The Hall–Kier alpha value is -3.14. The fourth-order valence-electron chi connectivity index (χ4n) is 2.99. The van der Waals surface area contributed by atoms with Crippen molar-refractivity contribution in [3.05, 3.63) is 54.3 Å². The SMILES string of the molecule is Cc1ccc(OCc2nnc(SCC(=O)N3CCN(c4cnccn4)CC3)o2)cc1. The maximum Gasteiger partial charge on any atom is 0.277 e.